The average Bonchev–Trinajstić information content (AvgIpc) is 3.13. The third-order valence-corrected chi connectivity index (χ3v) is 3.53. The van der Waals surface area contributed by atoms with Crippen LogP contribution in [0.25, 0.3) is 0 Å². The Morgan fingerprint density at radius 1 is 1.61 bits per heavy atom. The van der Waals surface area contributed by atoms with Gasteiger partial charge in [0.05, 0.1) is 18.6 Å². The second kappa shape index (κ2) is 5.14. The highest BCUT2D eigenvalue weighted by Gasteiger charge is 2.34. The van der Waals surface area contributed by atoms with Crippen molar-refractivity contribution in [1.82, 2.24) is 0 Å². The van der Waals surface area contributed by atoms with Crippen LogP contribution >= 0.6 is 11.6 Å². The summed E-state index contributed by atoms with van der Waals surface area (Å²) in [5.74, 6) is -1.16. The average molecular weight is 273 g/mol. The molecule has 0 aliphatic heterocycles. The standard InChI is InChI=1S/C13H14ClFO3/c1-18-11-5-8(4-10(14)13(11)15)9(6-12(16)17)7-2-3-7/h4-5,7,9H,2-3,6H2,1H3,(H,16,17). The zero-order valence-corrected chi connectivity index (χ0v) is 10.7. The van der Waals surface area contributed by atoms with Gasteiger partial charge in [-0.3, -0.25) is 4.79 Å². The van der Waals surface area contributed by atoms with Crippen molar-refractivity contribution in [2.75, 3.05) is 7.11 Å². The van der Waals surface area contributed by atoms with E-state index in [0.29, 0.717) is 5.92 Å². The molecule has 1 aromatic rings. The van der Waals surface area contributed by atoms with Crippen molar-refractivity contribution in [3.05, 3.63) is 28.5 Å². The van der Waals surface area contributed by atoms with Crippen LogP contribution in [-0.2, 0) is 4.79 Å². The number of halogens is 2. The highest BCUT2D eigenvalue weighted by molar-refractivity contribution is 6.31. The van der Waals surface area contributed by atoms with Crippen LogP contribution in [0.15, 0.2) is 12.1 Å². The fourth-order valence-corrected chi connectivity index (χ4v) is 2.41. The Bertz CT molecular complexity index is 472. The maximum atomic E-state index is 13.6. The summed E-state index contributed by atoms with van der Waals surface area (Å²) >= 11 is 5.80. The molecular formula is C13H14ClFO3. The number of aliphatic carboxylic acids is 1. The van der Waals surface area contributed by atoms with Gasteiger partial charge < -0.3 is 9.84 Å². The van der Waals surface area contributed by atoms with Crippen molar-refractivity contribution >= 4 is 17.6 Å². The second-order valence-corrected chi connectivity index (χ2v) is 4.97. The van der Waals surface area contributed by atoms with Crippen LogP contribution in [-0.4, -0.2) is 18.2 Å². The van der Waals surface area contributed by atoms with Gasteiger partial charge in [-0.2, -0.15) is 0 Å². The molecule has 0 bridgehead atoms. The Hall–Kier alpha value is -1.29. The van der Waals surface area contributed by atoms with E-state index < -0.39 is 11.8 Å². The largest absolute Gasteiger partial charge is 0.494 e. The van der Waals surface area contributed by atoms with Crippen LogP contribution in [0.3, 0.4) is 0 Å². The first-order valence-corrected chi connectivity index (χ1v) is 6.15. The minimum atomic E-state index is -0.855. The Morgan fingerprint density at radius 2 is 2.28 bits per heavy atom. The topological polar surface area (TPSA) is 46.5 Å². The fourth-order valence-electron chi connectivity index (χ4n) is 2.19. The van der Waals surface area contributed by atoms with E-state index in [-0.39, 0.29) is 23.1 Å². The van der Waals surface area contributed by atoms with Crippen molar-refractivity contribution in [2.45, 2.75) is 25.2 Å². The van der Waals surface area contributed by atoms with Crippen LogP contribution in [0.5, 0.6) is 5.75 Å². The van der Waals surface area contributed by atoms with Gasteiger partial charge in [0.2, 0.25) is 0 Å². The summed E-state index contributed by atoms with van der Waals surface area (Å²) < 4.78 is 18.5. The van der Waals surface area contributed by atoms with Crippen LogP contribution < -0.4 is 4.74 Å². The summed E-state index contributed by atoms with van der Waals surface area (Å²) in [5.41, 5.74) is 0.739. The molecule has 1 aliphatic carbocycles. The lowest BCUT2D eigenvalue weighted by molar-refractivity contribution is -0.137. The summed E-state index contributed by atoms with van der Waals surface area (Å²) in [6.45, 7) is 0. The summed E-state index contributed by atoms with van der Waals surface area (Å²) in [4.78, 5) is 10.9. The summed E-state index contributed by atoms with van der Waals surface area (Å²) in [6, 6.07) is 3.05. The zero-order chi connectivity index (χ0) is 13.3. The van der Waals surface area contributed by atoms with Crippen LogP contribution in [0.2, 0.25) is 5.02 Å². The molecule has 2 rings (SSSR count). The lowest BCUT2D eigenvalue weighted by Gasteiger charge is -2.16. The van der Waals surface area contributed by atoms with Gasteiger partial charge >= 0.3 is 5.97 Å². The van der Waals surface area contributed by atoms with Gasteiger partial charge in [0.25, 0.3) is 0 Å². The van der Waals surface area contributed by atoms with E-state index in [1.54, 1.807) is 6.07 Å². The highest BCUT2D eigenvalue weighted by atomic mass is 35.5. The summed E-state index contributed by atoms with van der Waals surface area (Å²) in [7, 11) is 1.36. The van der Waals surface area contributed by atoms with Crippen LogP contribution in [0.1, 0.15) is 30.7 Å². The fraction of sp³-hybridized carbons (Fsp3) is 0.462. The monoisotopic (exact) mass is 272 g/mol. The first-order chi connectivity index (χ1) is 8.52. The Balaban J connectivity index is 2.35. The van der Waals surface area contributed by atoms with Gasteiger partial charge in [-0.25, -0.2) is 4.39 Å². The molecule has 0 amide bonds. The quantitative estimate of drug-likeness (QED) is 0.893. The number of methoxy groups -OCH3 is 1. The van der Waals surface area contributed by atoms with Gasteiger partial charge in [0.15, 0.2) is 11.6 Å². The van der Waals surface area contributed by atoms with Crippen molar-refractivity contribution < 1.29 is 19.0 Å². The predicted octanol–water partition coefficient (Wildman–Crippen LogP) is 3.46. The third-order valence-electron chi connectivity index (χ3n) is 3.25. The van der Waals surface area contributed by atoms with E-state index in [2.05, 4.69) is 0 Å². The van der Waals surface area contributed by atoms with Crippen molar-refractivity contribution in [3.8, 4) is 5.75 Å². The molecule has 5 heteroatoms. The summed E-state index contributed by atoms with van der Waals surface area (Å²) in [5, 5.41) is 8.91. The molecule has 1 N–H and O–H groups in total. The molecular weight excluding hydrogens is 259 g/mol. The number of ether oxygens (including phenoxy) is 1. The number of carboxylic acid groups (broad SMARTS) is 1. The molecule has 1 unspecified atom stereocenters. The van der Waals surface area contributed by atoms with Gasteiger partial charge in [-0.1, -0.05) is 11.6 Å². The molecule has 1 aromatic carbocycles. The van der Waals surface area contributed by atoms with E-state index in [1.165, 1.54) is 13.2 Å². The first-order valence-electron chi connectivity index (χ1n) is 5.77. The normalized spacial score (nSPS) is 16.4. The number of rotatable bonds is 5. The molecule has 1 atom stereocenters. The first kappa shape index (κ1) is 13.1. The second-order valence-electron chi connectivity index (χ2n) is 4.56. The predicted molar refractivity (Wildman–Crippen MR) is 65.7 cm³/mol. The Labute approximate surface area is 110 Å². The molecule has 98 valence electrons. The van der Waals surface area contributed by atoms with E-state index >= 15 is 0 Å². The SMILES string of the molecule is COc1cc(C(CC(=O)O)C2CC2)cc(Cl)c1F. The van der Waals surface area contributed by atoms with E-state index in [0.717, 1.165) is 18.4 Å². The van der Waals surface area contributed by atoms with Crippen molar-refractivity contribution in [2.24, 2.45) is 5.92 Å². The Morgan fingerprint density at radius 3 is 2.78 bits per heavy atom. The molecule has 1 aliphatic rings. The number of carbonyl (C=O) groups is 1. The maximum absolute atomic E-state index is 13.6. The van der Waals surface area contributed by atoms with Gasteiger partial charge in [-0.15, -0.1) is 0 Å². The number of hydrogen-bond acceptors (Lipinski definition) is 2. The number of benzene rings is 1. The molecule has 0 radical (unpaired) electrons. The van der Waals surface area contributed by atoms with E-state index in [4.69, 9.17) is 21.4 Å². The van der Waals surface area contributed by atoms with E-state index in [9.17, 15) is 9.18 Å². The lowest BCUT2D eigenvalue weighted by atomic mass is 9.91. The van der Waals surface area contributed by atoms with E-state index in [1.807, 2.05) is 0 Å². The molecule has 18 heavy (non-hydrogen) atoms. The van der Waals surface area contributed by atoms with Crippen LogP contribution in [0, 0.1) is 11.7 Å². The van der Waals surface area contributed by atoms with Crippen LogP contribution in [0.4, 0.5) is 4.39 Å². The number of carboxylic acids is 1. The lowest BCUT2D eigenvalue weighted by Crippen LogP contribution is -2.09. The zero-order valence-electron chi connectivity index (χ0n) is 9.95. The highest BCUT2D eigenvalue weighted by Crippen LogP contribution is 2.46. The molecule has 0 heterocycles. The van der Waals surface area contributed by atoms with Crippen molar-refractivity contribution in [1.29, 1.82) is 0 Å². The minimum Gasteiger partial charge on any atom is -0.494 e. The molecule has 3 nitrogen and oxygen atoms in total. The van der Waals surface area contributed by atoms with Gasteiger partial charge in [0, 0.05) is 0 Å². The summed E-state index contributed by atoms with van der Waals surface area (Å²) in [6.07, 6.45) is 2.06. The van der Waals surface area contributed by atoms with Gasteiger partial charge in [0.1, 0.15) is 0 Å². The molecule has 1 fully saturated rings. The maximum Gasteiger partial charge on any atom is 0.303 e. The minimum absolute atomic E-state index is 0.0274. The molecule has 0 spiro atoms. The molecule has 1 saturated carbocycles. The molecule has 0 saturated heterocycles. The van der Waals surface area contributed by atoms with Crippen molar-refractivity contribution in [3.63, 3.8) is 0 Å². The smallest absolute Gasteiger partial charge is 0.303 e. The molecule has 0 aromatic heterocycles. The Kier molecular flexibility index (Phi) is 3.76. The number of hydrogen-bond donors (Lipinski definition) is 1. The van der Waals surface area contributed by atoms with Gasteiger partial charge in [-0.05, 0) is 42.4 Å². The third kappa shape index (κ3) is 2.75.